The Bertz CT molecular complexity index is 912. The molecule has 3 aromatic rings. The van der Waals surface area contributed by atoms with Gasteiger partial charge in [-0.15, -0.1) is 0 Å². The standard InChI is InChI=1S/C24H28N2O2/c1-4-6-16-25-24(27)22-17-23(19-10-8-7-9-11-19)26(18(22)3)20-12-14-21(15-13-20)28-5-2/h7-15,17H,4-6,16H2,1-3H3,(H,25,27). The third-order valence-corrected chi connectivity index (χ3v) is 4.78. The highest BCUT2D eigenvalue weighted by molar-refractivity contribution is 5.97. The van der Waals surface area contributed by atoms with E-state index >= 15 is 0 Å². The van der Waals surface area contributed by atoms with Crippen LogP contribution in [-0.4, -0.2) is 23.6 Å². The Morgan fingerprint density at radius 2 is 1.75 bits per heavy atom. The van der Waals surface area contributed by atoms with Gasteiger partial charge < -0.3 is 14.6 Å². The monoisotopic (exact) mass is 376 g/mol. The summed E-state index contributed by atoms with van der Waals surface area (Å²) in [5, 5.41) is 3.04. The van der Waals surface area contributed by atoms with Gasteiger partial charge >= 0.3 is 0 Å². The minimum Gasteiger partial charge on any atom is -0.494 e. The molecule has 1 amide bonds. The summed E-state index contributed by atoms with van der Waals surface area (Å²) >= 11 is 0. The second-order valence-corrected chi connectivity index (χ2v) is 6.77. The van der Waals surface area contributed by atoms with Crippen LogP contribution in [0.1, 0.15) is 42.7 Å². The third-order valence-electron chi connectivity index (χ3n) is 4.78. The molecule has 4 nitrogen and oxygen atoms in total. The van der Waals surface area contributed by atoms with Gasteiger partial charge in [0.2, 0.25) is 0 Å². The smallest absolute Gasteiger partial charge is 0.253 e. The van der Waals surface area contributed by atoms with Crippen LogP contribution in [0.5, 0.6) is 5.75 Å². The largest absolute Gasteiger partial charge is 0.494 e. The fourth-order valence-corrected chi connectivity index (χ4v) is 3.32. The molecular weight excluding hydrogens is 348 g/mol. The normalized spacial score (nSPS) is 10.7. The average Bonchev–Trinajstić information content (AvgIpc) is 3.07. The highest BCUT2D eigenvalue weighted by Crippen LogP contribution is 2.30. The van der Waals surface area contributed by atoms with E-state index in [0.717, 1.165) is 41.2 Å². The average molecular weight is 377 g/mol. The first kappa shape index (κ1) is 19.7. The van der Waals surface area contributed by atoms with E-state index in [1.54, 1.807) is 0 Å². The summed E-state index contributed by atoms with van der Waals surface area (Å²) in [6.45, 7) is 7.43. The molecule has 1 heterocycles. The number of benzene rings is 2. The van der Waals surface area contributed by atoms with Crippen LogP contribution in [0, 0.1) is 6.92 Å². The third kappa shape index (κ3) is 4.28. The molecule has 0 radical (unpaired) electrons. The molecule has 3 rings (SSSR count). The van der Waals surface area contributed by atoms with Gasteiger partial charge in [-0.1, -0.05) is 43.7 Å². The summed E-state index contributed by atoms with van der Waals surface area (Å²) in [5.41, 5.74) is 4.73. The van der Waals surface area contributed by atoms with E-state index < -0.39 is 0 Å². The van der Waals surface area contributed by atoms with Crippen molar-refractivity contribution in [2.75, 3.05) is 13.2 Å². The van der Waals surface area contributed by atoms with Crippen molar-refractivity contribution >= 4 is 5.91 Å². The molecular formula is C24H28N2O2. The molecule has 0 unspecified atom stereocenters. The molecule has 0 atom stereocenters. The van der Waals surface area contributed by atoms with Crippen molar-refractivity contribution in [3.8, 4) is 22.7 Å². The minimum atomic E-state index is -0.0205. The highest BCUT2D eigenvalue weighted by Gasteiger charge is 2.19. The number of carbonyl (C=O) groups is 1. The lowest BCUT2D eigenvalue weighted by atomic mass is 10.1. The Hall–Kier alpha value is -3.01. The fourth-order valence-electron chi connectivity index (χ4n) is 3.32. The molecule has 0 fully saturated rings. The van der Waals surface area contributed by atoms with Crippen molar-refractivity contribution in [1.29, 1.82) is 0 Å². The van der Waals surface area contributed by atoms with Crippen LogP contribution in [0.25, 0.3) is 16.9 Å². The van der Waals surface area contributed by atoms with Crippen molar-refractivity contribution in [3.05, 3.63) is 71.9 Å². The Labute approximate surface area is 167 Å². The van der Waals surface area contributed by atoms with E-state index in [2.05, 4.69) is 28.9 Å². The minimum absolute atomic E-state index is 0.0205. The highest BCUT2D eigenvalue weighted by atomic mass is 16.5. The quantitative estimate of drug-likeness (QED) is 0.536. The van der Waals surface area contributed by atoms with E-state index in [1.165, 1.54) is 0 Å². The van der Waals surface area contributed by atoms with Crippen LogP contribution >= 0.6 is 0 Å². The molecule has 146 valence electrons. The SMILES string of the molecule is CCCCNC(=O)c1cc(-c2ccccc2)n(-c2ccc(OCC)cc2)c1C. The molecule has 4 heteroatoms. The molecule has 0 aliphatic carbocycles. The summed E-state index contributed by atoms with van der Waals surface area (Å²) in [7, 11) is 0. The molecule has 28 heavy (non-hydrogen) atoms. The van der Waals surface area contributed by atoms with Crippen LogP contribution in [-0.2, 0) is 0 Å². The second kappa shape index (κ2) is 9.27. The molecule has 1 N–H and O–H groups in total. The number of rotatable bonds is 8. The van der Waals surface area contributed by atoms with Gasteiger partial charge in [-0.2, -0.15) is 0 Å². The molecule has 0 saturated carbocycles. The van der Waals surface area contributed by atoms with Gasteiger partial charge in [0.05, 0.1) is 17.9 Å². The summed E-state index contributed by atoms with van der Waals surface area (Å²) < 4.78 is 7.71. The maximum atomic E-state index is 12.8. The summed E-state index contributed by atoms with van der Waals surface area (Å²) in [5.74, 6) is 0.822. The Morgan fingerprint density at radius 1 is 1.04 bits per heavy atom. The van der Waals surface area contributed by atoms with Crippen molar-refractivity contribution < 1.29 is 9.53 Å². The number of hydrogen-bond acceptors (Lipinski definition) is 2. The maximum absolute atomic E-state index is 12.8. The van der Waals surface area contributed by atoms with Crippen LogP contribution in [0.4, 0.5) is 0 Å². The second-order valence-electron chi connectivity index (χ2n) is 6.77. The lowest BCUT2D eigenvalue weighted by molar-refractivity contribution is 0.0952. The molecule has 0 bridgehead atoms. The number of hydrogen-bond donors (Lipinski definition) is 1. The number of aromatic nitrogens is 1. The zero-order valence-corrected chi connectivity index (χ0v) is 16.9. The lowest BCUT2D eigenvalue weighted by Crippen LogP contribution is -2.24. The van der Waals surface area contributed by atoms with Gasteiger partial charge in [-0.05, 0) is 56.2 Å². The van der Waals surface area contributed by atoms with Gasteiger partial charge in [-0.25, -0.2) is 0 Å². The lowest BCUT2D eigenvalue weighted by Gasteiger charge is -2.13. The molecule has 0 saturated heterocycles. The molecule has 2 aromatic carbocycles. The molecule has 1 aromatic heterocycles. The Kier molecular flexibility index (Phi) is 6.53. The predicted octanol–water partition coefficient (Wildman–Crippen LogP) is 5.38. The number of unbranched alkanes of at least 4 members (excludes halogenated alkanes) is 1. The predicted molar refractivity (Wildman–Crippen MR) is 114 cm³/mol. The summed E-state index contributed by atoms with van der Waals surface area (Å²) in [4.78, 5) is 12.8. The van der Waals surface area contributed by atoms with Gasteiger partial charge in [0.25, 0.3) is 5.91 Å². The zero-order valence-electron chi connectivity index (χ0n) is 16.9. The van der Waals surface area contributed by atoms with E-state index in [0.29, 0.717) is 18.7 Å². The molecule has 0 aliphatic heterocycles. The van der Waals surface area contributed by atoms with Gasteiger partial charge in [-0.3, -0.25) is 4.79 Å². The molecule has 0 spiro atoms. The van der Waals surface area contributed by atoms with Gasteiger partial charge in [0.15, 0.2) is 0 Å². The topological polar surface area (TPSA) is 43.3 Å². The first-order valence-corrected chi connectivity index (χ1v) is 9.94. The first-order valence-electron chi connectivity index (χ1n) is 9.94. The summed E-state index contributed by atoms with van der Waals surface area (Å²) in [6.07, 6.45) is 2.04. The van der Waals surface area contributed by atoms with Crippen molar-refractivity contribution in [3.63, 3.8) is 0 Å². The van der Waals surface area contributed by atoms with Gasteiger partial charge in [0, 0.05) is 17.9 Å². The van der Waals surface area contributed by atoms with E-state index in [4.69, 9.17) is 4.74 Å². The Morgan fingerprint density at radius 3 is 2.39 bits per heavy atom. The van der Waals surface area contributed by atoms with Crippen molar-refractivity contribution in [2.24, 2.45) is 0 Å². The van der Waals surface area contributed by atoms with E-state index in [1.807, 2.05) is 62.4 Å². The Balaban J connectivity index is 2.04. The zero-order chi connectivity index (χ0) is 19.9. The summed E-state index contributed by atoms with van der Waals surface area (Å²) in [6, 6.07) is 20.1. The number of amides is 1. The first-order chi connectivity index (χ1) is 13.7. The van der Waals surface area contributed by atoms with Crippen LogP contribution < -0.4 is 10.1 Å². The fraction of sp³-hybridized carbons (Fsp3) is 0.292. The van der Waals surface area contributed by atoms with E-state index in [-0.39, 0.29) is 5.91 Å². The number of carbonyl (C=O) groups excluding carboxylic acids is 1. The van der Waals surface area contributed by atoms with Crippen LogP contribution in [0.2, 0.25) is 0 Å². The van der Waals surface area contributed by atoms with Crippen molar-refractivity contribution in [2.45, 2.75) is 33.6 Å². The molecule has 0 aliphatic rings. The van der Waals surface area contributed by atoms with Gasteiger partial charge in [0.1, 0.15) is 5.75 Å². The van der Waals surface area contributed by atoms with Crippen LogP contribution in [0.15, 0.2) is 60.7 Å². The number of nitrogens with zero attached hydrogens (tertiary/aromatic N) is 1. The maximum Gasteiger partial charge on any atom is 0.253 e. The van der Waals surface area contributed by atoms with Crippen LogP contribution in [0.3, 0.4) is 0 Å². The number of ether oxygens (including phenoxy) is 1. The number of nitrogens with one attached hydrogen (secondary N) is 1. The van der Waals surface area contributed by atoms with E-state index in [9.17, 15) is 4.79 Å². The van der Waals surface area contributed by atoms with Crippen molar-refractivity contribution in [1.82, 2.24) is 9.88 Å².